The minimum absolute atomic E-state index is 0.0917. The second-order valence-electron chi connectivity index (χ2n) is 3.16. The van der Waals surface area contributed by atoms with Gasteiger partial charge in [-0.2, -0.15) is 0 Å². The molecule has 0 saturated heterocycles. The number of ether oxygens (including phenoxy) is 1. The molecule has 0 amide bonds. The summed E-state index contributed by atoms with van der Waals surface area (Å²) in [4.78, 5) is 0. The van der Waals surface area contributed by atoms with Gasteiger partial charge in [0.05, 0.1) is 18.5 Å². The van der Waals surface area contributed by atoms with E-state index in [4.69, 9.17) is 15.4 Å². The highest BCUT2D eigenvalue weighted by Gasteiger charge is 2.28. The van der Waals surface area contributed by atoms with Crippen LogP contribution in [-0.2, 0) is 13.8 Å². The van der Waals surface area contributed by atoms with Crippen molar-refractivity contribution < 1.29 is 13.2 Å². The quantitative estimate of drug-likeness (QED) is 0.647. The number of halogens is 1. The van der Waals surface area contributed by atoms with Crippen molar-refractivity contribution >= 4 is 19.7 Å². The molecule has 1 unspecified atom stereocenters. The molecule has 12 heavy (non-hydrogen) atoms. The van der Waals surface area contributed by atoms with Gasteiger partial charge in [0.1, 0.15) is 0 Å². The minimum atomic E-state index is -3.38. The van der Waals surface area contributed by atoms with Crippen LogP contribution in [0, 0.1) is 5.92 Å². The molecular weight excluding hydrogens is 200 g/mol. The second kappa shape index (κ2) is 3.94. The Morgan fingerprint density at radius 3 is 2.58 bits per heavy atom. The van der Waals surface area contributed by atoms with Crippen LogP contribution in [-0.4, -0.2) is 26.9 Å². The first kappa shape index (κ1) is 10.3. The summed E-state index contributed by atoms with van der Waals surface area (Å²) in [5.74, 6) is 0.550. The first-order chi connectivity index (χ1) is 5.49. The topological polar surface area (TPSA) is 43.4 Å². The fourth-order valence-corrected chi connectivity index (χ4v) is 1.52. The van der Waals surface area contributed by atoms with Crippen LogP contribution in [0.25, 0.3) is 0 Å². The zero-order valence-electron chi connectivity index (χ0n) is 6.99. The van der Waals surface area contributed by atoms with Crippen molar-refractivity contribution in [3.8, 4) is 0 Å². The summed E-state index contributed by atoms with van der Waals surface area (Å²) in [6.45, 7) is 2.18. The molecule has 0 bridgehead atoms. The third-order valence-electron chi connectivity index (χ3n) is 1.99. The van der Waals surface area contributed by atoms with Crippen LogP contribution in [0.1, 0.15) is 19.8 Å². The summed E-state index contributed by atoms with van der Waals surface area (Å²) in [6, 6.07) is 0. The standard InChI is InChI=1S/C7H13ClO3S/c1-6(7-2-3-7)11-4-5-12(8,9)10/h6-7H,2-5H2,1H3. The average molecular weight is 213 g/mol. The fourth-order valence-electron chi connectivity index (χ4n) is 1.04. The predicted molar refractivity (Wildman–Crippen MR) is 47.8 cm³/mol. The van der Waals surface area contributed by atoms with Crippen molar-refractivity contribution in [2.24, 2.45) is 5.92 Å². The maximum Gasteiger partial charge on any atom is 0.234 e. The van der Waals surface area contributed by atoms with Crippen LogP contribution >= 0.6 is 10.7 Å². The smallest absolute Gasteiger partial charge is 0.234 e. The second-order valence-corrected chi connectivity index (χ2v) is 6.05. The monoisotopic (exact) mass is 212 g/mol. The predicted octanol–water partition coefficient (Wildman–Crippen LogP) is 1.37. The van der Waals surface area contributed by atoms with E-state index >= 15 is 0 Å². The summed E-state index contributed by atoms with van der Waals surface area (Å²) in [5, 5.41) is 0. The Bertz CT molecular complexity index is 233. The van der Waals surface area contributed by atoms with E-state index in [-0.39, 0.29) is 18.5 Å². The van der Waals surface area contributed by atoms with Crippen LogP contribution in [0.4, 0.5) is 0 Å². The van der Waals surface area contributed by atoms with E-state index in [2.05, 4.69) is 0 Å². The zero-order valence-corrected chi connectivity index (χ0v) is 8.57. The largest absolute Gasteiger partial charge is 0.377 e. The molecule has 1 atom stereocenters. The summed E-state index contributed by atoms with van der Waals surface area (Å²) >= 11 is 0. The van der Waals surface area contributed by atoms with Crippen molar-refractivity contribution in [1.82, 2.24) is 0 Å². The van der Waals surface area contributed by atoms with E-state index in [1.54, 1.807) is 0 Å². The fraction of sp³-hybridized carbons (Fsp3) is 1.00. The van der Waals surface area contributed by atoms with Crippen LogP contribution in [0.2, 0.25) is 0 Å². The van der Waals surface area contributed by atoms with E-state index < -0.39 is 9.05 Å². The summed E-state index contributed by atoms with van der Waals surface area (Å²) in [6.07, 6.45) is 2.59. The summed E-state index contributed by atoms with van der Waals surface area (Å²) in [5.41, 5.74) is 0. The Morgan fingerprint density at radius 1 is 1.58 bits per heavy atom. The lowest BCUT2D eigenvalue weighted by atomic mass is 10.3. The molecule has 0 aromatic rings. The highest BCUT2D eigenvalue weighted by atomic mass is 35.7. The molecule has 0 heterocycles. The highest BCUT2D eigenvalue weighted by molar-refractivity contribution is 8.13. The molecule has 0 aromatic heterocycles. The van der Waals surface area contributed by atoms with Crippen molar-refractivity contribution in [3.63, 3.8) is 0 Å². The van der Waals surface area contributed by atoms with Crippen molar-refractivity contribution in [2.75, 3.05) is 12.4 Å². The number of hydrogen-bond acceptors (Lipinski definition) is 3. The lowest BCUT2D eigenvalue weighted by molar-refractivity contribution is 0.0623. The van der Waals surface area contributed by atoms with E-state index in [0.29, 0.717) is 5.92 Å². The molecule has 0 aromatic carbocycles. The van der Waals surface area contributed by atoms with Gasteiger partial charge in [-0.1, -0.05) is 0 Å². The van der Waals surface area contributed by atoms with Crippen LogP contribution in [0.15, 0.2) is 0 Å². The van der Waals surface area contributed by atoms with Gasteiger partial charge in [0.15, 0.2) is 0 Å². The normalized spacial score (nSPS) is 20.8. The maximum atomic E-state index is 10.5. The highest BCUT2D eigenvalue weighted by Crippen LogP contribution is 2.33. The molecule has 0 spiro atoms. The third-order valence-corrected chi connectivity index (χ3v) is 3.11. The molecule has 1 rings (SSSR count). The molecule has 1 fully saturated rings. The van der Waals surface area contributed by atoms with E-state index in [1.165, 1.54) is 12.8 Å². The van der Waals surface area contributed by atoms with Gasteiger partial charge in [0, 0.05) is 10.7 Å². The van der Waals surface area contributed by atoms with Gasteiger partial charge in [0.2, 0.25) is 9.05 Å². The van der Waals surface area contributed by atoms with Gasteiger partial charge in [-0.05, 0) is 25.7 Å². The lowest BCUT2D eigenvalue weighted by Crippen LogP contribution is -2.15. The summed E-state index contributed by atoms with van der Waals surface area (Å²) in [7, 11) is 1.63. The summed E-state index contributed by atoms with van der Waals surface area (Å²) < 4.78 is 26.2. The van der Waals surface area contributed by atoms with E-state index in [9.17, 15) is 8.42 Å². The molecule has 5 heteroatoms. The molecule has 1 aliphatic carbocycles. The molecule has 1 saturated carbocycles. The molecule has 0 radical (unpaired) electrons. The third kappa shape index (κ3) is 4.28. The van der Waals surface area contributed by atoms with Gasteiger partial charge in [-0.25, -0.2) is 8.42 Å². The molecule has 3 nitrogen and oxygen atoms in total. The van der Waals surface area contributed by atoms with Gasteiger partial charge >= 0.3 is 0 Å². The molecule has 0 aliphatic heterocycles. The van der Waals surface area contributed by atoms with Gasteiger partial charge in [-0.15, -0.1) is 0 Å². The van der Waals surface area contributed by atoms with Crippen LogP contribution in [0.5, 0.6) is 0 Å². The molecule has 72 valence electrons. The van der Waals surface area contributed by atoms with E-state index in [1.807, 2.05) is 6.92 Å². The first-order valence-electron chi connectivity index (χ1n) is 4.03. The Morgan fingerprint density at radius 2 is 2.17 bits per heavy atom. The lowest BCUT2D eigenvalue weighted by Gasteiger charge is -2.10. The van der Waals surface area contributed by atoms with Gasteiger partial charge < -0.3 is 4.74 Å². The Kier molecular flexibility index (Phi) is 3.37. The number of hydrogen-bond donors (Lipinski definition) is 0. The molecular formula is C7H13ClO3S. The van der Waals surface area contributed by atoms with E-state index in [0.717, 1.165) is 0 Å². The Balaban J connectivity index is 2.09. The average Bonchev–Trinajstić information content (AvgIpc) is 2.64. The number of rotatable bonds is 5. The van der Waals surface area contributed by atoms with Crippen molar-refractivity contribution in [3.05, 3.63) is 0 Å². The molecule has 0 N–H and O–H groups in total. The zero-order chi connectivity index (χ0) is 9.19. The van der Waals surface area contributed by atoms with Crippen LogP contribution < -0.4 is 0 Å². The maximum absolute atomic E-state index is 10.5. The minimum Gasteiger partial charge on any atom is -0.377 e. The molecule has 1 aliphatic rings. The SMILES string of the molecule is CC(OCCS(=O)(=O)Cl)C1CC1. The Hall–Kier alpha value is 0.200. The van der Waals surface area contributed by atoms with Crippen molar-refractivity contribution in [1.29, 1.82) is 0 Å². The first-order valence-corrected chi connectivity index (χ1v) is 6.51. The van der Waals surface area contributed by atoms with Gasteiger partial charge in [-0.3, -0.25) is 0 Å². The van der Waals surface area contributed by atoms with Crippen LogP contribution in [0.3, 0.4) is 0 Å². The van der Waals surface area contributed by atoms with Gasteiger partial charge in [0.25, 0.3) is 0 Å². The van der Waals surface area contributed by atoms with Crippen molar-refractivity contribution in [2.45, 2.75) is 25.9 Å². The Labute approximate surface area is 77.5 Å².